The normalized spacial score (nSPS) is 10.4. The molecule has 142 valence electrons. The summed E-state index contributed by atoms with van der Waals surface area (Å²) in [6, 6.07) is 10.2. The van der Waals surface area contributed by atoms with Gasteiger partial charge in [-0.25, -0.2) is 0 Å². The topological polar surface area (TPSA) is 165 Å². The first kappa shape index (κ1) is 18.6. The largest absolute Gasteiger partial charge is 0.506 e. The third-order valence-electron chi connectivity index (χ3n) is 4.26. The van der Waals surface area contributed by atoms with Crippen LogP contribution in [0, 0.1) is 0 Å². The van der Waals surface area contributed by atoms with Gasteiger partial charge in [-0.1, -0.05) is 0 Å². The number of phenolic OH excluding ortho intramolecular Hbond substituents is 2. The summed E-state index contributed by atoms with van der Waals surface area (Å²) in [7, 11) is 0. The lowest BCUT2D eigenvalue weighted by molar-refractivity contribution is 0.111. The van der Waals surface area contributed by atoms with Crippen molar-refractivity contribution in [1.82, 2.24) is 0 Å². The van der Waals surface area contributed by atoms with Gasteiger partial charge in [-0.15, -0.1) is 0 Å². The third-order valence-corrected chi connectivity index (χ3v) is 4.26. The van der Waals surface area contributed by atoms with E-state index in [1.807, 2.05) is 0 Å². The zero-order chi connectivity index (χ0) is 20.4. The summed E-state index contributed by atoms with van der Waals surface area (Å²) in [5.41, 5.74) is 20.0. The van der Waals surface area contributed by atoms with Crippen molar-refractivity contribution in [1.29, 1.82) is 0 Å². The summed E-state index contributed by atoms with van der Waals surface area (Å²) >= 11 is 0. The van der Waals surface area contributed by atoms with Crippen LogP contribution >= 0.6 is 0 Å². The quantitative estimate of drug-likeness (QED) is 0.171. The van der Waals surface area contributed by atoms with E-state index in [1.165, 1.54) is 24.3 Å². The molecule has 0 aliphatic rings. The molecule has 0 saturated carbocycles. The van der Waals surface area contributed by atoms with Gasteiger partial charge in [-0.2, -0.15) is 0 Å². The van der Waals surface area contributed by atoms with Gasteiger partial charge in [-0.05, 0) is 35.9 Å². The Morgan fingerprint density at radius 3 is 2.11 bits per heavy atom. The molecule has 9 N–H and O–H groups in total. The molecule has 0 unspecified atom stereocenters. The third kappa shape index (κ3) is 3.38. The van der Waals surface area contributed by atoms with E-state index in [0.29, 0.717) is 35.1 Å². The standard InChI is InChI=1S/C20H18N4O4/c21-12-1-2-15(22)14(5-12)13-3-11(9-26)17(4-10(13)8-25)24-18-7-19(27)16(23)6-20(18)28/h1-9,24,27-28H,21-23H2. The maximum Gasteiger partial charge on any atom is 0.152 e. The Bertz CT molecular complexity index is 1100. The van der Waals surface area contributed by atoms with Crippen molar-refractivity contribution in [3.63, 3.8) is 0 Å². The lowest BCUT2D eigenvalue weighted by Gasteiger charge is -2.16. The van der Waals surface area contributed by atoms with Crippen LogP contribution in [0.15, 0.2) is 42.5 Å². The molecule has 0 amide bonds. The molecule has 0 aliphatic heterocycles. The minimum atomic E-state index is -0.243. The van der Waals surface area contributed by atoms with Gasteiger partial charge in [0.1, 0.15) is 11.5 Å². The second-order valence-electron chi connectivity index (χ2n) is 6.16. The molecule has 0 bridgehead atoms. The van der Waals surface area contributed by atoms with Crippen molar-refractivity contribution >= 4 is 41.0 Å². The molecule has 3 aromatic rings. The van der Waals surface area contributed by atoms with Crippen molar-refractivity contribution in [3.05, 3.63) is 53.6 Å². The van der Waals surface area contributed by atoms with E-state index in [0.717, 1.165) is 0 Å². The fraction of sp³-hybridized carbons (Fsp3) is 0. The average molecular weight is 378 g/mol. The Morgan fingerprint density at radius 2 is 1.43 bits per heavy atom. The van der Waals surface area contributed by atoms with Crippen LogP contribution < -0.4 is 22.5 Å². The summed E-state index contributed by atoms with van der Waals surface area (Å²) in [6.45, 7) is 0. The Morgan fingerprint density at radius 1 is 0.714 bits per heavy atom. The highest BCUT2D eigenvalue weighted by atomic mass is 16.3. The number of anilines is 5. The number of carbonyl (C=O) groups is 2. The van der Waals surface area contributed by atoms with Crippen LogP contribution in [0.5, 0.6) is 11.5 Å². The van der Waals surface area contributed by atoms with Gasteiger partial charge < -0.3 is 32.7 Å². The molecule has 0 aliphatic carbocycles. The van der Waals surface area contributed by atoms with Gasteiger partial charge in [0.05, 0.1) is 11.4 Å². The van der Waals surface area contributed by atoms with Gasteiger partial charge in [-0.3, -0.25) is 9.59 Å². The number of phenols is 2. The number of nitrogen functional groups attached to an aromatic ring is 3. The fourth-order valence-corrected chi connectivity index (χ4v) is 2.82. The first-order valence-corrected chi connectivity index (χ1v) is 8.16. The number of aldehydes is 2. The van der Waals surface area contributed by atoms with Crippen LogP contribution in [-0.4, -0.2) is 22.8 Å². The van der Waals surface area contributed by atoms with E-state index < -0.39 is 0 Å². The number of hydrogen-bond donors (Lipinski definition) is 6. The van der Waals surface area contributed by atoms with Crippen molar-refractivity contribution in [2.24, 2.45) is 0 Å². The highest BCUT2D eigenvalue weighted by molar-refractivity contribution is 5.99. The molecule has 3 aromatic carbocycles. The molecule has 0 atom stereocenters. The van der Waals surface area contributed by atoms with Crippen LogP contribution in [-0.2, 0) is 0 Å². The van der Waals surface area contributed by atoms with Crippen LogP contribution in [0.25, 0.3) is 11.1 Å². The van der Waals surface area contributed by atoms with Crippen LogP contribution in [0.2, 0.25) is 0 Å². The van der Waals surface area contributed by atoms with Crippen molar-refractivity contribution < 1.29 is 19.8 Å². The van der Waals surface area contributed by atoms with Crippen molar-refractivity contribution in [3.8, 4) is 22.6 Å². The number of hydrogen-bond acceptors (Lipinski definition) is 8. The molecular weight excluding hydrogens is 360 g/mol. The highest BCUT2D eigenvalue weighted by Gasteiger charge is 2.15. The number of nitrogens with one attached hydrogen (secondary N) is 1. The second-order valence-corrected chi connectivity index (χ2v) is 6.16. The smallest absolute Gasteiger partial charge is 0.152 e. The molecule has 0 aromatic heterocycles. The maximum absolute atomic E-state index is 11.7. The Balaban J connectivity index is 2.14. The molecule has 0 heterocycles. The minimum Gasteiger partial charge on any atom is -0.506 e. The molecule has 28 heavy (non-hydrogen) atoms. The monoisotopic (exact) mass is 378 g/mol. The van der Waals surface area contributed by atoms with E-state index in [-0.39, 0.29) is 39.7 Å². The van der Waals surface area contributed by atoms with Gasteiger partial charge in [0.2, 0.25) is 0 Å². The lowest BCUT2D eigenvalue weighted by atomic mass is 9.95. The van der Waals surface area contributed by atoms with Crippen molar-refractivity contribution in [2.45, 2.75) is 0 Å². The number of nitrogens with two attached hydrogens (primary N) is 3. The molecule has 0 saturated heterocycles. The Kier molecular flexibility index (Phi) is 4.78. The first-order chi connectivity index (χ1) is 13.3. The van der Waals surface area contributed by atoms with E-state index in [4.69, 9.17) is 17.2 Å². The van der Waals surface area contributed by atoms with Crippen LogP contribution in [0.3, 0.4) is 0 Å². The average Bonchev–Trinajstić information content (AvgIpc) is 2.67. The predicted molar refractivity (Wildman–Crippen MR) is 109 cm³/mol. The summed E-state index contributed by atoms with van der Waals surface area (Å²) in [5.74, 6) is -0.475. The molecule has 3 rings (SSSR count). The summed E-state index contributed by atoms with van der Waals surface area (Å²) in [4.78, 5) is 23.3. The number of aromatic hydroxyl groups is 2. The molecule has 8 nitrogen and oxygen atoms in total. The fourth-order valence-electron chi connectivity index (χ4n) is 2.82. The first-order valence-electron chi connectivity index (χ1n) is 8.16. The molecular formula is C20H18N4O4. The Labute approximate surface area is 160 Å². The van der Waals surface area contributed by atoms with Gasteiger partial charge >= 0.3 is 0 Å². The second kappa shape index (κ2) is 7.20. The minimum absolute atomic E-state index is 0.000249. The Hall–Kier alpha value is -4.20. The number of benzene rings is 3. The summed E-state index contributed by atoms with van der Waals surface area (Å²) < 4.78 is 0. The lowest BCUT2D eigenvalue weighted by Crippen LogP contribution is -2.01. The zero-order valence-corrected chi connectivity index (χ0v) is 14.6. The van der Waals surface area contributed by atoms with E-state index >= 15 is 0 Å². The van der Waals surface area contributed by atoms with Gasteiger partial charge in [0.15, 0.2) is 12.6 Å². The molecule has 0 spiro atoms. The van der Waals surface area contributed by atoms with Crippen LogP contribution in [0.4, 0.5) is 28.4 Å². The summed E-state index contributed by atoms with van der Waals surface area (Å²) in [6.07, 6.45) is 1.22. The number of rotatable bonds is 5. The molecule has 0 fully saturated rings. The number of carbonyl (C=O) groups excluding carboxylic acids is 2. The molecule has 0 radical (unpaired) electrons. The summed E-state index contributed by atoms with van der Waals surface area (Å²) in [5, 5.41) is 22.6. The zero-order valence-electron chi connectivity index (χ0n) is 14.6. The van der Waals surface area contributed by atoms with Gasteiger partial charge in [0, 0.05) is 45.9 Å². The van der Waals surface area contributed by atoms with Crippen LogP contribution in [0.1, 0.15) is 20.7 Å². The van der Waals surface area contributed by atoms with Crippen molar-refractivity contribution in [2.75, 3.05) is 22.5 Å². The van der Waals surface area contributed by atoms with Gasteiger partial charge in [0.25, 0.3) is 0 Å². The molecule has 8 heteroatoms. The predicted octanol–water partition coefficient (Wildman–Crippen LogP) is 2.88. The van der Waals surface area contributed by atoms with E-state index in [2.05, 4.69) is 5.32 Å². The maximum atomic E-state index is 11.7. The van der Waals surface area contributed by atoms with E-state index in [1.54, 1.807) is 18.2 Å². The van der Waals surface area contributed by atoms with E-state index in [9.17, 15) is 19.8 Å². The highest BCUT2D eigenvalue weighted by Crippen LogP contribution is 2.38. The SMILES string of the molecule is Nc1ccc(N)c(-c2cc(C=O)c(Nc3cc(O)c(N)cc3O)cc2C=O)c1.